The van der Waals surface area contributed by atoms with Gasteiger partial charge in [0, 0.05) is 0 Å². The summed E-state index contributed by atoms with van der Waals surface area (Å²) in [7, 11) is 0. The minimum absolute atomic E-state index is 0.173. The molecular formula is C12H16O3. The molecule has 82 valence electrons. The molecule has 1 unspecified atom stereocenters. The molecule has 15 heavy (non-hydrogen) atoms. The van der Waals surface area contributed by atoms with E-state index in [0.717, 1.165) is 5.56 Å². The number of carbonyl (C=O) groups is 1. The third-order valence-electron chi connectivity index (χ3n) is 2.17. The quantitative estimate of drug-likeness (QED) is 0.744. The van der Waals surface area contributed by atoms with E-state index in [0.29, 0.717) is 13.0 Å². The van der Waals surface area contributed by atoms with Crippen LogP contribution in [0.3, 0.4) is 0 Å². The van der Waals surface area contributed by atoms with Crippen LogP contribution in [0.2, 0.25) is 0 Å². The molecule has 1 aromatic rings. The zero-order valence-electron chi connectivity index (χ0n) is 8.85. The van der Waals surface area contributed by atoms with E-state index in [1.165, 1.54) is 0 Å². The highest BCUT2D eigenvalue weighted by Gasteiger charge is 2.18. The van der Waals surface area contributed by atoms with Crippen molar-refractivity contribution < 1.29 is 14.6 Å². The van der Waals surface area contributed by atoms with Gasteiger partial charge in [0.15, 0.2) is 0 Å². The van der Waals surface area contributed by atoms with Crippen LogP contribution in [0.1, 0.15) is 12.5 Å². The van der Waals surface area contributed by atoms with E-state index in [2.05, 4.69) is 0 Å². The van der Waals surface area contributed by atoms with E-state index in [4.69, 9.17) is 9.84 Å². The topological polar surface area (TPSA) is 46.5 Å². The molecule has 1 aromatic carbocycles. The lowest BCUT2D eigenvalue weighted by Gasteiger charge is -2.12. The Morgan fingerprint density at radius 3 is 2.60 bits per heavy atom. The number of aliphatic hydroxyl groups excluding tert-OH is 1. The minimum atomic E-state index is -0.452. The van der Waals surface area contributed by atoms with Crippen molar-refractivity contribution in [3.8, 4) is 0 Å². The molecule has 0 saturated heterocycles. The minimum Gasteiger partial charge on any atom is -0.466 e. The third-order valence-corrected chi connectivity index (χ3v) is 2.17. The lowest BCUT2D eigenvalue weighted by atomic mass is 10.0. The molecule has 3 heteroatoms. The van der Waals surface area contributed by atoms with Crippen LogP contribution >= 0.6 is 0 Å². The van der Waals surface area contributed by atoms with Crippen LogP contribution in [0.15, 0.2) is 30.3 Å². The molecule has 0 aliphatic heterocycles. The molecule has 0 fully saturated rings. The number of rotatable bonds is 5. The van der Waals surface area contributed by atoms with Crippen molar-refractivity contribution in [3.05, 3.63) is 35.9 Å². The Hall–Kier alpha value is -1.35. The van der Waals surface area contributed by atoms with Gasteiger partial charge in [0.1, 0.15) is 0 Å². The van der Waals surface area contributed by atoms with Crippen molar-refractivity contribution in [2.45, 2.75) is 13.3 Å². The van der Waals surface area contributed by atoms with Gasteiger partial charge in [-0.3, -0.25) is 4.79 Å². The van der Waals surface area contributed by atoms with Gasteiger partial charge in [-0.05, 0) is 18.9 Å². The number of carbonyl (C=O) groups excluding carboxylic acids is 1. The maximum atomic E-state index is 11.4. The summed E-state index contributed by atoms with van der Waals surface area (Å²) in [6, 6.07) is 9.61. The third kappa shape index (κ3) is 3.72. The summed E-state index contributed by atoms with van der Waals surface area (Å²) in [6.07, 6.45) is 0.524. The second-order valence-electron chi connectivity index (χ2n) is 3.32. The van der Waals surface area contributed by atoms with E-state index >= 15 is 0 Å². The van der Waals surface area contributed by atoms with Gasteiger partial charge in [-0.25, -0.2) is 0 Å². The standard InChI is InChI=1S/C12H16O3/c1-2-15-12(14)11(9-13)8-10-6-4-3-5-7-10/h3-7,11,13H,2,8-9H2,1H3. The van der Waals surface area contributed by atoms with Crippen molar-refractivity contribution in [2.75, 3.05) is 13.2 Å². The summed E-state index contributed by atoms with van der Waals surface area (Å²) in [4.78, 5) is 11.4. The summed E-state index contributed by atoms with van der Waals surface area (Å²) < 4.78 is 4.87. The Morgan fingerprint density at radius 2 is 2.07 bits per heavy atom. The summed E-state index contributed by atoms with van der Waals surface area (Å²) in [5.41, 5.74) is 1.03. The first-order valence-corrected chi connectivity index (χ1v) is 5.09. The molecule has 0 amide bonds. The highest BCUT2D eigenvalue weighted by Crippen LogP contribution is 2.09. The van der Waals surface area contributed by atoms with Gasteiger partial charge in [-0.2, -0.15) is 0 Å². The number of benzene rings is 1. The Labute approximate surface area is 89.7 Å². The van der Waals surface area contributed by atoms with Gasteiger partial charge in [0.2, 0.25) is 0 Å². The number of ether oxygens (including phenoxy) is 1. The Morgan fingerprint density at radius 1 is 1.40 bits per heavy atom. The predicted octanol–water partition coefficient (Wildman–Crippen LogP) is 1.40. The van der Waals surface area contributed by atoms with Crippen LogP contribution in [-0.2, 0) is 16.0 Å². The van der Waals surface area contributed by atoms with E-state index in [-0.39, 0.29) is 12.6 Å². The monoisotopic (exact) mass is 208 g/mol. The molecule has 0 radical (unpaired) electrons. The molecule has 1 N–H and O–H groups in total. The first kappa shape index (κ1) is 11.7. The fourth-order valence-electron chi connectivity index (χ4n) is 1.38. The molecule has 1 atom stereocenters. The van der Waals surface area contributed by atoms with E-state index in [9.17, 15) is 4.79 Å². The molecule has 1 rings (SSSR count). The average Bonchev–Trinajstić information content (AvgIpc) is 2.27. The van der Waals surface area contributed by atoms with Gasteiger partial charge in [-0.1, -0.05) is 30.3 Å². The zero-order valence-corrected chi connectivity index (χ0v) is 8.85. The average molecular weight is 208 g/mol. The van der Waals surface area contributed by atoms with Gasteiger partial charge in [0.05, 0.1) is 19.1 Å². The first-order chi connectivity index (χ1) is 7.27. The number of hydrogen-bond acceptors (Lipinski definition) is 3. The summed E-state index contributed by atoms with van der Waals surface area (Å²) in [6.45, 7) is 1.94. The van der Waals surface area contributed by atoms with Crippen molar-refractivity contribution in [3.63, 3.8) is 0 Å². The smallest absolute Gasteiger partial charge is 0.311 e. The predicted molar refractivity (Wildman–Crippen MR) is 57.4 cm³/mol. The van der Waals surface area contributed by atoms with Gasteiger partial charge >= 0.3 is 5.97 Å². The fraction of sp³-hybridized carbons (Fsp3) is 0.417. The Balaban J connectivity index is 2.58. The Kier molecular flexibility index (Phi) is 4.84. The van der Waals surface area contributed by atoms with Crippen LogP contribution in [0, 0.1) is 5.92 Å². The second kappa shape index (κ2) is 6.19. The number of esters is 1. The summed E-state index contributed by atoms with van der Waals surface area (Å²) in [5.74, 6) is -0.781. The lowest BCUT2D eigenvalue weighted by molar-refractivity contribution is -0.149. The van der Waals surface area contributed by atoms with E-state index in [1.807, 2.05) is 30.3 Å². The van der Waals surface area contributed by atoms with Crippen molar-refractivity contribution in [1.29, 1.82) is 0 Å². The molecule has 0 spiro atoms. The molecule has 3 nitrogen and oxygen atoms in total. The Bertz CT molecular complexity index is 295. The molecular weight excluding hydrogens is 192 g/mol. The summed E-state index contributed by atoms with van der Waals surface area (Å²) in [5, 5.41) is 9.08. The molecule has 0 aliphatic carbocycles. The van der Waals surface area contributed by atoms with Crippen molar-refractivity contribution in [1.82, 2.24) is 0 Å². The number of aliphatic hydroxyl groups is 1. The first-order valence-electron chi connectivity index (χ1n) is 5.09. The highest BCUT2D eigenvalue weighted by molar-refractivity contribution is 5.72. The number of hydrogen-bond donors (Lipinski definition) is 1. The molecule has 0 heterocycles. The maximum Gasteiger partial charge on any atom is 0.311 e. The van der Waals surface area contributed by atoms with Gasteiger partial charge < -0.3 is 9.84 Å². The second-order valence-corrected chi connectivity index (χ2v) is 3.32. The highest BCUT2D eigenvalue weighted by atomic mass is 16.5. The zero-order chi connectivity index (χ0) is 11.1. The van der Waals surface area contributed by atoms with E-state index in [1.54, 1.807) is 6.92 Å². The van der Waals surface area contributed by atoms with Crippen LogP contribution in [0.25, 0.3) is 0 Å². The molecule has 0 bridgehead atoms. The molecule has 0 saturated carbocycles. The molecule has 0 aromatic heterocycles. The van der Waals surface area contributed by atoms with Crippen LogP contribution < -0.4 is 0 Å². The van der Waals surface area contributed by atoms with Crippen molar-refractivity contribution >= 4 is 5.97 Å². The molecule has 0 aliphatic rings. The lowest BCUT2D eigenvalue weighted by Crippen LogP contribution is -2.23. The van der Waals surface area contributed by atoms with Crippen molar-refractivity contribution in [2.24, 2.45) is 5.92 Å². The normalized spacial score (nSPS) is 12.1. The van der Waals surface area contributed by atoms with Crippen LogP contribution in [0.5, 0.6) is 0 Å². The van der Waals surface area contributed by atoms with E-state index < -0.39 is 5.92 Å². The van der Waals surface area contributed by atoms with Crippen LogP contribution in [-0.4, -0.2) is 24.3 Å². The van der Waals surface area contributed by atoms with Gasteiger partial charge in [0.25, 0.3) is 0 Å². The summed E-state index contributed by atoms with van der Waals surface area (Å²) >= 11 is 0. The maximum absolute atomic E-state index is 11.4. The fourth-order valence-corrected chi connectivity index (χ4v) is 1.38. The SMILES string of the molecule is CCOC(=O)C(CO)Cc1ccccc1. The van der Waals surface area contributed by atoms with Gasteiger partial charge in [-0.15, -0.1) is 0 Å². The van der Waals surface area contributed by atoms with Crippen LogP contribution in [0.4, 0.5) is 0 Å². The largest absolute Gasteiger partial charge is 0.466 e.